The van der Waals surface area contributed by atoms with Crippen LogP contribution in [0.5, 0.6) is 0 Å². The zero-order chi connectivity index (χ0) is 20.1. The number of carbonyl (C=O) groups excluding carboxylic acids is 1. The first-order chi connectivity index (χ1) is 14.8. The fraction of sp³-hybridized carbons (Fsp3) is 0.381. The Labute approximate surface area is 172 Å². The molecule has 0 unspecified atom stereocenters. The predicted octanol–water partition coefficient (Wildman–Crippen LogP) is 2.66. The van der Waals surface area contributed by atoms with Gasteiger partial charge in [0.2, 0.25) is 11.9 Å². The van der Waals surface area contributed by atoms with Crippen LogP contribution in [0.2, 0.25) is 0 Å². The molecule has 1 saturated heterocycles. The Kier molecular flexibility index (Phi) is 3.93. The Morgan fingerprint density at radius 2 is 1.83 bits per heavy atom. The first-order valence-electron chi connectivity index (χ1n) is 10.5. The Balaban J connectivity index is 1.22. The maximum atomic E-state index is 12.1. The van der Waals surface area contributed by atoms with E-state index in [0.29, 0.717) is 12.0 Å². The van der Waals surface area contributed by atoms with Gasteiger partial charge in [-0.1, -0.05) is 23.4 Å². The van der Waals surface area contributed by atoms with Crippen LogP contribution in [0, 0.1) is 5.92 Å². The summed E-state index contributed by atoms with van der Waals surface area (Å²) in [6.07, 6.45) is 3.87. The summed E-state index contributed by atoms with van der Waals surface area (Å²) in [5.41, 5.74) is 2.77. The van der Waals surface area contributed by atoms with Gasteiger partial charge in [0.1, 0.15) is 11.3 Å². The number of benzene rings is 1. The molecule has 6 rings (SSSR count). The lowest BCUT2D eigenvalue weighted by Crippen LogP contribution is -2.36. The lowest BCUT2D eigenvalue weighted by molar-refractivity contribution is -0.117. The number of amides is 1. The van der Waals surface area contributed by atoms with Gasteiger partial charge in [-0.3, -0.25) is 10.1 Å². The first kappa shape index (κ1) is 17.4. The van der Waals surface area contributed by atoms with E-state index in [9.17, 15) is 4.79 Å². The van der Waals surface area contributed by atoms with Crippen molar-refractivity contribution in [3.8, 4) is 0 Å². The molecule has 0 radical (unpaired) electrons. The van der Waals surface area contributed by atoms with Crippen LogP contribution in [-0.4, -0.2) is 48.6 Å². The van der Waals surface area contributed by atoms with Crippen molar-refractivity contribution in [1.82, 2.24) is 29.6 Å². The third-order valence-electron chi connectivity index (χ3n) is 6.03. The maximum absolute atomic E-state index is 12.1. The van der Waals surface area contributed by atoms with E-state index in [2.05, 4.69) is 47.4 Å². The number of nitrogens with zero attached hydrogens (tertiary/aromatic N) is 7. The van der Waals surface area contributed by atoms with Gasteiger partial charge in [0, 0.05) is 19.0 Å². The fourth-order valence-corrected chi connectivity index (χ4v) is 4.24. The molecule has 152 valence electrons. The quantitative estimate of drug-likeness (QED) is 0.564. The summed E-state index contributed by atoms with van der Waals surface area (Å²) in [5.74, 6) is 1.52. The lowest BCUT2D eigenvalue weighted by Gasteiger charge is -2.33. The molecule has 1 aliphatic carbocycles. The normalized spacial score (nSPS) is 17.7. The summed E-state index contributed by atoms with van der Waals surface area (Å²) >= 11 is 0. The van der Waals surface area contributed by atoms with Gasteiger partial charge in [0.15, 0.2) is 5.65 Å². The number of piperidine rings is 1. The van der Waals surface area contributed by atoms with Crippen LogP contribution < -0.4 is 10.2 Å². The number of para-hydroxylation sites is 1. The molecular formula is C21H22N8O. The highest BCUT2D eigenvalue weighted by Gasteiger charge is 2.30. The van der Waals surface area contributed by atoms with Gasteiger partial charge < -0.3 is 4.90 Å². The molecule has 1 aromatic carbocycles. The number of fused-ring (bicyclic) bond motifs is 2. The molecule has 30 heavy (non-hydrogen) atoms. The topological polar surface area (TPSA) is 93.2 Å². The number of hydrogen-bond donors (Lipinski definition) is 1. The van der Waals surface area contributed by atoms with Gasteiger partial charge in [0.25, 0.3) is 0 Å². The number of anilines is 2. The van der Waals surface area contributed by atoms with Crippen LogP contribution in [0.25, 0.3) is 16.7 Å². The highest BCUT2D eigenvalue weighted by molar-refractivity contribution is 5.92. The zero-order valence-corrected chi connectivity index (χ0v) is 16.5. The molecular weight excluding hydrogens is 380 g/mol. The van der Waals surface area contributed by atoms with E-state index < -0.39 is 0 Å². The summed E-state index contributed by atoms with van der Waals surface area (Å²) in [4.78, 5) is 18.9. The van der Waals surface area contributed by atoms with Crippen molar-refractivity contribution in [3.05, 3.63) is 42.5 Å². The molecule has 0 bridgehead atoms. The number of carbonyl (C=O) groups is 1. The van der Waals surface area contributed by atoms with Gasteiger partial charge >= 0.3 is 0 Å². The van der Waals surface area contributed by atoms with Crippen LogP contribution in [0.1, 0.15) is 31.7 Å². The van der Waals surface area contributed by atoms with Gasteiger partial charge in [-0.2, -0.15) is 9.50 Å². The summed E-state index contributed by atoms with van der Waals surface area (Å²) in [5, 5.41) is 16.1. The highest BCUT2D eigenvalue weighted by Crippen LogP contribution is 2.31. The van der Waals surface area contributed by atoms with Gasteiger partial charge in [-0.25, -0.2) is 4.68 Å². The Morgan fingerprint density at radius 3 is 2.67 bits per heavy atom. The molecule has 9 nitrogen and oxygen atoms in total. The molecule has 1 N–H and O–H groups in total. The molecule has 1 amide bonds. The molecule has 2 fully saturated rings. The molecule has 4 heterocycles. The summed E-state index contributed by atoms with van der Waals surface area (Å²) < 4.78 is 3.89. The van der Waals surface area contributed by atoms with Crippen molar-refractivity contribution in [2.45, 2.75) is 31.7 Å². The Bertz CT molecular complexity index is 1230. The van der Waals surface area contributed by atoms with Crippen LogP contribution in [-0.2, 0) is 4.79 Å². The Morgan fingerprint density at radius 1 is 1.00 bits per heavy atom. The molecule has 9 heteroatoms. The van der Waals surface area contributed by atoms with Crippen molar-refractivity contribution in [2.24, 2.45) is 5.92 Å². The largest absolute Gasteiger partial charge is 0.356 e. The average molecular weight is 402 g/mol. The maximum Gasteiger partial charge on any atom is 0.249 e. The third-order valence-corrected chi connectivity index (χ3v) is 6.03. The van der Waals surface area contributed by atoms with Crippen LogP contribution >= 0.6 is 0 Å². The monoisotopic (exact) mass is 402 g/mol. The lowest BCUT2D eigenvalue weighted by atomic mass is 10.0. The number of hydrogen-bond acceptors (Lipinski definition) is 6. The van der Waals surface area contributed by atoms with E-state index in [1.54, 1.807) is 0 Å². The minimum absolute atomic E-state index is 0.0216. The molecule has 1 saturated carbocycles. The summed E-state index contributed by atoms with van der Waals surface area (Å²) in [6.45, 7) is 1.78. The minimum atomic E-state index is 0.0216. The molecule has 0 spiro atoms. The van der Waals surface area contributed by atoms with Crippen molar-refractivity contribution < 1.29 is 4.79 Å². The van der Waals surface area contributed by atoms with E-state index in [4.69, 9.17) is 0 Å². The third kappa shape index (κ3) is 2.97. The number of rotatable bonds is 4. The molecule has 0 atom stereocenters. The van der Waals surface area contributed by atoms with Gasteiger partial charge in [0.05, 0.1) is 11.6 Å². The van der Waals surface area contributed by atoms with Gasteiger partial charge in [-0.15, -0.1) is 10.2 Å². The predicted molar refractivity (Wildman–Crippen MR) is 112 cm³/mol. The van der Waals surface area contributed by atoms with E-state index >= 15 is 0 Å². The van der Waals surface area contributed by atoms with Crippen molar-refractivity contribution in [2.75, 3.05) is 23.3 Å². The Hall–Kier alpha value is -3.49. The molecule has 3 aromatic heterocycles. The van der Waals surface area contributed by atoms with Crippen LogP contribution in [0.4, 0.5) is 11.8 Å². The average Bonchev–Trinajstić information content (AvgIpc) is 3.42. The second kappa shape index (κ2) is 6.79. The number of aromatic nitrogens is 6. The smallest absolute Gasteiger partial charge is 0.249 e. The van der Waals surface area contributed by atoms with Crippen LogP contribution in [0.3, 0.4) is 0 Å². The minimum Gasteiger partial charge on any atom is -0.356 e. The van der Waals surface area contributed by atoms with E-state index in [1.807, 2.05) is 34.8 Å². The second-order valence-corrected chi connectivity index (χ2v) is 8.09. The fourth-order valence-electron chi connectivity index (χ4n) is 4.24. The highest BCUT2D eigenvalue weighted by atomic mass is 16.2. The number of pyridine rings is 1. The van der Waals surface area contributed by atoms with E-state index in [1.165, 1.54) is 0 Å². The standard InChI is InChI=1S/C21H22N8O/c30-20(14-8-9-14)23-21-22-18-6-3-7-19(29(18)25-21)27-12-10-15(11-13-27)28-17-5-2-1-4-16(17)24-26-28/h1-7,14-15H,8-13H2,(H,23,25,30). The van der Waals surface area contributed by atoms with E-state index in [0.717, 1.165) is 61.3 Å². The van der Waals surface area contributed by atoms with Crippen molar-refractivity contribution in [1.29, 1.82) is 0 Å². The van der Waals surface area contributed by atoms with Crippen molar-refractivity contribution >= 4 is 34.4 Å². The van der Waals surface area contributed by atoms with E-state index in [-0.39, 0.29) is 11.8 Å². The van der Waals surface area contributed by atoms with Gasteiger partial charge in [-0.05, 0) is 49.9 Å². The second-order valence-electron chi connectivity index (χ2n) is 8.09. The SMILES string of the molecule is O=C(Nc1nc2cccc(N3CCC(n4nnc5ccccc54)CC3)n2n1)C1CC1. The molecule has 4 aromatic rings. The summed E-state index contributed by atoms with van der Waals surface area (Å²) in [7, 11) is 0. The zero-order valence-electron chi connectivity index (χ0n) is 16.5. The van der Waals surface area contributed by atoms with Crippen molar-refractivity contribution in [3.63, 3.8) is 0 Å². The molecule has 1 aliphatic heterocycles. The molecule has 2 aliphatic rings. The first-order valence-corrected chi connectivity index (χ1v) is 10.5. The summed E-state index contributed by atoms with van der Waals surface area (Å²) in [6, 6.07) is 14.4. The number of nitrogens with one attached hydrogen (secondary N) is 1. The van der Waals surface area contributed by atoms with Crippen LogP contribution in [0.15, 0.2) is 42.5 Å².